The lowest BCUT2D eigenvalue weighted by atomic mass is 9.99. The molecule has 1 N–H and O–H groups in total. The second-order valence-corrected chi connectivity index (χ2v) is 7.94. The van der Waals surface area contributed by atoms with E-state index in [4.69, 9.17) is 6.42 Å². The van der Waals surface area contributed by atoms with E-state index in [2.05, 4.69) is 24.9 Å². The third kappa shape index (κ3) is 5.32. The first-order valence-corrected chi connectivity index (χ1v) is 10.4. The number of nitrogens with zero attached hydrogens (tertiary/aromatic N) is 3. The minimum atomic E-state index is -0.960. The molecule has 0 atom stereocenters. The summed E-state index contributed by atoms with van der Waals surface area (Å²) in [4.78, 5) is 24.4. The molecular weight excluding hydrogens is 390 g/mol. The summed E-state index contributed by atoms with van der Waals surface area (Å²) in [6, 6.07) is 14.5. The number of benzene rings is 2. The predicted molar refractivity (Wildman–Crippen MR) is 121 cm³/mol. The van der Waals surface area contributed by atoms with E-state index in [1.807, 2.05) is 30.3 Å². The van der Waals surface area contributed by atoms with Gasteiger partial charge in [0.05, 0.1) is 12.1 Å². The van der Waals surface area contributed by atoms with Gasteiger partial charge in [-0.1, -0.05) is 56.3 Å². The molecule has 3 rings (SSSR count). The van der Waals surface area contributed by atoms with Crippen molar-refractivity contribution in [2.24, 2.45) is 5.92 Å². The fourth-order valence-electron chi connectivity index (χ4n) is 3.43. The highest BCUT2D eigenvalue weighted by atomic mass is 16.4. The Balaban J connectivity index is 1.88. The quantitative estimate of drug-likeness (QED) is 0.533. The molecule has 1 heterocycles. The maximum atomic E-state index is 12.9. The average molecular weight is 418 g/mol. The fourth-order valence-corrected chi connectivity index (χ4v) is 3.43. The molecule has 0 aliphatic carbocycles. The minimum absolute atomic E-state index is 0.132. The summed E-state index contributed by atoms with van der Waals surface area (Å²) in [6.45, 7) is 5.20. The second kappa shape index (κ2) is 9.94. The van der Waals surface area contributed by atoms with E-state index in [0.29, 0.717) is 43.2 Å². The summed E-state index contributed by atoms with van der Waals surface area (Å²) < 4.78 is 3.21. The number of carboxylic acids is 1. The summed E-state index contributed by atoms with van der Waals surface area (Å²) in [5.41, 5.74) is 2.54. The lowest BCUT2D eigenvalue weighted by Crippen LogP contribution is -2.26. The zero-order valence-corrected chi connectivity index (χ0v) is 17.9. The Morgan fingerprint density at radius 2 is 1.87 bits per heavy atom. The second-order valence-electron chi connectivity index (χ2n) is 7.94. The SMILES string of the molecule is C#CCCc1nn(CCC(C)C)c(=O)n1Cc1ccc(-c2ccccc2C(=O)O)cc1. The van der Waals surface area contributed by atoms with Gasteiger partial charge in [0.2, 0.25) is 0 Å². The summed E-state index contributed by atoms with van der Waals surface area (Å²) in [6.07, 6.45) is 7.36. The largest absolute Gasteiger partial charge is 0.478 e. The van der Waals surface area contributed by atoms with Gasteiger partial charge in [-0.3, -0.25) is 4.57 Å². The van der Waals surface area contributed by atoms with E-state index in [0.717, 1.165) is 17.5 Å². The van der Waals surface area contributed by atoms with Gasteiger partial charge in [-0.25, -0.2) is 14.3 Å². The van der Waals surface area contributed by atoms with Crippen LogP contribution in [0.4, 0.5) is 0 Å². The number of carboxylic acid groups (broad SMARTS) is 1. The molecule has 0 radical (unpaired) electrons. The predicted octanol–water partition coefficient (Wildman–Crippen LogP) is 4.07. The monoisotopic (exact) mass is 417 g/mol. The zero-order valence-electron chi connectivity index (χ0n) is 17.9. The van der Waals surface area contributed by atoms with Crippen molar-refractivity contribution in [2.45, 2.75) is 46.2 Å². The standard InChI is InChI=1S/C25H27N3O3/c1-4-5-10-23-26-28(16-15-18(2)3)25(31)27(23)17-19-11-13-20(14-12-19)21-8-6-7-9-22(21)24(29)30/h1,6-9,11-14,18H,5,10,15-17H2,2-3H3,(H,29,30). The molecular formula is C25H27N3O3. The van der Waals surface area contributed by atoms with Crippen LogP contribution in [0.5, 0.6) is 0 Å². The highest BCUT2D eigenvalue weighted by Gasteiger charge is 2.15. The first kappa shape index (κ1) is 22.1. The Labute approximate surface area is 182 Å². The van der Waals surface area contributed by atoms with Crippen LogP contribution >= 0.6 is 0 Å². The lowest BCUT2D eigenvalue weighted by Gasteiger charge is -2.09. The minimum Gasteiger partial charge on any atom is -0.478 e. The van der Waals surface area contributed by atoms with Gasteiger partial charge in [-0.15, -0.1) is 12.3 Å². The van der Waals surface area contributed by atoms with Crippen molar-refractivity contribution in [1.82, 2.24) is 14.3 Å². The molecule has 6 heteroatoms. The van der Waals surface area contributed by atoms with Crippen LogP contribution in [0, 0.1) is 18.3 Å². The number of aromatic nitrogens is 3. The highest BCUT2D eigenvalue weighted by molar-refractivity contribution is 5.95. The number of carbonyl (C=O) groups is 1. The average Bonchev–Trinajstić information content (AvgIpc) is 3.06. The molecule has 0 bridgehead atoms. The van der Waals surface area contributed by atoms with E-state index in [-0.39, 0.29) is 11.3 Å². The van der Waals surface area contributed by atoms with Gasteiger partial charge in [0, 0.05) is 19.4 Å². The molecule has 31 heavy (non-hydrogen) atoms. The Morgan fingerprint density at radius 3 is 2.52 bits per heavy atom. The molecule has 0 unspecified atom stereocenters. The van der Waals surface area contributed by atoms with Crippen LogP contribution in [0.1, 0.15) is 48.4 Å². The van der Waals surface area contributed by atoms with Gasteiger partial charge in [-0.2, -0.15) is 5.10 Å². The van der Waals surface area contributed by atoms with Crippen molar-refractivity contribution in [3.8, 4) is 23.5 Å². The summed E-state index contributed by atoms with van der Waals surface area (Å²) in [7, 11) is 0. The number of rotatable bonds is 9. The maximum Gasteiger partial charge on any atom is 0.346 e. The van der Waals surface area contributed by atoms with Crippen molar-refractivity contribution in [2.75, 3.05) is 0 Å². The number of aromatic carboxylic acids is 1. The van der Waals surface area contributed by atoms with E-state index in [1.54, 1.807) is 22.8 Å². The van der Waals surface area contributed by atoms with Crippen LogP contribution in [0.3, 0.4) is 0 Å². The Bertz CT molecular complexity index is 1150. The third-order valence-corrected chi connectivity index (χ3v) is 5.17. The molecule has 0 aliphatic rings. The zero-order chi connectivity index (χ0) is 22.4. The summed E-state index contributed by atoms with van der Waals surface area (Å²) in [5.74, 6) is 2.82. The van der Waals surface area contributed by atoms with E-state index < -0.39 is 5.97 Å². The van der Waals surface area contributed by atoms with Gasteiger partial charge in [0.15, 0.2) is 0 Å². The number of hydrogen-bond donors (Lipinski definition) is 1. The maximum absolute atomic E-state index is 12.9. The van der Waals surface area contributed by atoms with Gasteiger partial charge in [0.1, 0.15) is 5.82 Å². The molecule has 0 spiro atoms. The molecule has 0 aliphatic heterocycles. The summed E-state index contributed by atoms with van der Waals surface area (Å²) >= 11 is 0. The normalized spacial score (nSPS) is 10.9. The van der Waals surface area contributed by atoms with Gasteiger partial charge in [0.25, 0.3) is 0 Å². The fraction of sp³-hybridized carbons (Fsp3) is 0.320. The molecule has 2 aromatic carbocycles. The van der Waals surface area contributed by atoms with Crippen LogP contribution < -0.4 is 5.69 Å². The smallest absolute Gasteiger partial charge is 0.346 e. The van der Waals surface area contributed by atoms with Crippen LogP contribution in [-0.2, 0) is 19.5 Å². The molecule has 3 aromatic rings. The first-order chi connectivity index (χ1) is 14.9. The molecule has 160 valence electrons. The van der Waals surface area contributed by atoms with Crippen molar-refractivity contribution in [3.05, 3.63) is 76.0 Å². The van der Waals surface area contributed by atoms with Crippen LogP contribution in [0.15, 0.2) is 53.3 Å². The van der Waals surface area contributed by atoms with Crippen LogP contribution in [0.25, 0.3) is 11.1 Å². The molecule has 0 amide bonds. The van der Waals surface area contributed by atoms with Gasteiger partial charge >= 0.3 is 11.7 Å². The Kier molecular flexibility index (Phi) is 7.09. The van der Waals surface area contributed by atoms with Crippen LogP contribution in [-0.4, -0.2) is 25.4 Å². The Morgan fingerprint density at radius 1 is 1.16 bits per heavy atom. The van der Waals surface area contributed by atoms with E-state index in [9.17, 15) is 14.7 Å². The first-order valence-electron chi connectivity index (χ1n) is 10.4. The third-order valence-electron chi connectivity index (χ3n) is 5.17. The Hall–Kier alpha value is -3.59. The lowest BCUT2D eigenvalue weighted by molar-refractivity contribution is 0.0697. The molecule has 0 saturated heterocycles. The van der Waals surface area contributed by atoms with Crippen molar-refractivity contribution in [3.63, 3.8) is 0 Å². The van der Waals surface area contributed by atoms with Crippen molar-refractivity contribution >= 4 is 5.97 Å². The number of hydrogen-bond acceptors (Lipinski definition) is 3. The number of aryl methyl sites for hydroxylation is 2. The van der Waals surface area contributed by atoms with E-state index in [1.165, 1.54) is 4.68 Å². The number of terminal acetylenes is 1. The van der Waals surface area contributed by atoms with Gasteiger partial charge in [-0.05, 0) is 35.1 Å². The van der Waals surface area contributed by atoms with Crippen LogP contribution in [0.2, 0.25) is 0 Å². The molecule has 0 fully saturated rings. The summed E-state index contributed by atoms with van der Waals surface area (Å²) in [5, 5.41) is 13.9. The van der Waals surface area contributed by atoms with Crippen molar-refractivity contribution < 1.29 is 9.90 Å². The molecule has 1 aromatic heterocycles. The topological polar surface area (TPSA) is 77.1 Å². The van der Waals surface area contributed by atoms with E-state index >= 15 is 0 Å². The highest BCUT2D eigenvalue weighted by Crippen LogP contribution is 2.24. The van der Waals surface area contributed by atoms with Gasteiger partial charge < -0.3 is 5.11 Å². The molecule has 6 nitrogen and oxygen atoms in total. The molecule has 0 saturated carbocycles. The van der Waals surface area contributed by atoms with Crippen molar-refractivity contribution in [1.29, 1.82) is 0 Å².